The van der Waals surface area contributed by atoms with Crippen LogP contribution in [0.4, 0.5) is 0 Å². The molecule has 0 aliphatic carbocycles. The van der Waals surface area contributed by atoms with Gasteiger partial charge in [-0.3, -0.25) is 4.79 Å². The molecule has 0 heterocycles. The highest BCUT2D eigenvalue weighted by Crippen LogP contribution is 2.26. The molecule has 5 nitrogen and oxygen atoms in total. The van der Waals surface area contributed by atoms with E-state index in [4.69, 9.17) is 4.74 Å². The van der Waals surface area contributed by atoms with Crippen LogP contribution in [0.25, 0.3) is 0 Å². The van der Waals surface area contributed by atoms with Crippen LogP contribution < -0.4 is 5.32 Å². The van der Waals surface area contributed by atoms with Crippen molar-refractivity contribution in [2.24, 2.45) is 0 Å². The highest BCUT2D eigenvalue weighted by molar-refractivity contribution is 5.91. The third-order valence-corrected chi connectivity index (χ3v) is 3.24. The van der Waals surface area contributed by atoms with Crippen LogP contribution in [0.3, 0.4) is 0 Å². The van der Waals surface area contributed by atoms with Gasteiger partial charge in [0, 0.05) is 0 Å². The van der Waals surface area contributed by atoms with E-state index in [9.17, 15) is 14.7 Å². The summed E-state index contributed by atoms with van der Waals surface area (Å²) in [5.41, 5.74) is -0.812. The molecule has 1 atom stereocenters. The second kappa shape index (κ2) is 6.38. The van der Waals surface area contributed by atoms with Gasteiger partial charge in [0.15, 0.2) is 0 Å². The lowest BCUT2D eigenvalue weighted by Crippen LogP contribution is -2.48. The predicted octanol–water partition coefficient (Wildman–Crippen LogP) is 2.52. The summed E-state index contributed by atoms with van der Waals surface area (Å²) in [5, 5.41) is 12.2. The fourth-order valence-electron chi connectivity index (χ4n) is 1.85. The van der Waals surface area contributed by atoms with E-state index in [0.29, 0.717) is 5.56 Å². The van der Waals surface area contributed by atoms with E-state index in [1.165, 1.54) is 6.07 Å². The minimum absolute atomic E-state index is 0.0959. The largest absolute Gasteiger partial charge is 0.508 e. The van der Waals surface area contributed by atoms with Crippen molar-refractivity contribution in [2.75, 3.05) is 0 Å². The van der Waals surface area contributed by atoms with E-state index < -0.39 is 23.0 Å². The van der Waals surface area contributed by atoms with Crippen molar-refractivity contribution in [1.82, 2.24) is 5.32 Å². The second-order valence-electron chi connectivity index (χ2n) is 6.90. The molecule has 2 N–H and O–H groups in total. The van der Waals surface area contributed by atoms with Gasteiger partial charge in [0.2, 0.25) is 5.91 Å². The van der Waals surface area contributed by atoms with E-state index in [1.807, 2.05) is 0 Å². The van der Waals surface area contributed by atoms with Crippen LogP contribution in [0.15, 0.2) is 24.3 Å². The third kappa shape index (κ3) is 4.76. The normalized spacial score (nSPS) is 13.4. The van der Waals surface area contributed by atoms with Gasteiger partial charge in [-0.15, -0.1) is 0 Å². The number of nitrogens with one attached hydrogen (secondary N) is 1. The molecule has 1 aromatic rings. The maximum Gasteiger partial charge on any atom is 0.328 e. The van der Waals surface area contributed by atoms with Crippen molar-refractivity contribution >= 4 is 11.9 Å². The van der Waals surface area contributed by atoms with Gasteiger partial charge in [-0.1, -0.05) is 12.1 Å². The Morgan fingerprint density at radius 2 is 1.77 bits per heavy atom. The Kier molecular flexibility index (Phi) is 5.22. The van der Waals surface area contributed by atoms with Crippen molar-refractivity contribution in [1.29, 1.82) is 0 Å². The zero-order valence-electron chi connectivity index (χ0n) is 14.1. The number of hydrogen-bond donors (Lipinski definition) is 2. The lowest BCUT2D eigenvalue weighted by Gasteiger charge is -2.27. The first-order chi connectivity index (χ1) is 9.93. The second-order valence-corrected chi connectivity index (χ2v) is 6.90. The van der Waals surface area contributed by atoms with Gasteiger partial charge in [0.25, 0.3) is 0 Å². The van der Waals surface area contributed by atoms with E-state index in [2.05, 4.69) is 5.32 Å². The molecule has 5 heteroatoms. The Morgan fingerprint density at radius 1 is 1.18 bits per heavy atom. The molecule has 0 aromatic heterocycles. The quantitative estimate of drug-likeness (QED) is 0.838. The molecular formula is C17H25NO4. The number of hydrogen-bond acceptors (Lipinski definition) is 4. The molecule has 1 amide bonds. The van der Waals surface area contributed by atoms with E-state index >= 15 is 0 Å². The van der Waals surface area contributed by atoms with Gasteiger partial charge in [-0.05, 0) is 59.2 Å². The number of esters is 1. The smallest absolute Gasteiger partial charge is 0.328 e. The molecule has 22 heavy (non-hydrogen) atoms. The molecule has 1 aromatic carbocycles. The van der Waals surface area contributed by atoms with Crippen LogP contribution in [0, 0.1) is 0 Å². The zero-order chi connectivity index (χ0) is 17.1. The molecule has 1 rings (SSSR count). The Bertz CT molecular complexity index is 558. The Labute approximate surface area is 131 Å². The van der Waals surface area contributed by atoms with Crippen LogP contribution in [-0.2, 0) is 19.7 Å². The van der Waals surface area contributed by atoms with Crippen LogP contribution >= 0.6 is 0 Å². The third-order valence-electron chi connectivity index (χ3n) is 3.24. The van der Waals surface area contributed by atoms with E-state index in [-0.39, 0.29) is 11.7 Å². The maximum absolute atomic E-state index is 12.5. The molecule has 122 valence electrons. The summed E-state index contributed by atoms with van der Waals surface area (Å²) in [7, 11) is 0. The topological polar surface area (TPSA) is 75.6 Å². The SMILES string of the molecule is C[C@H](NC(=O)C(C)(C)c1cccc(O)c1)C(=O)OC(C)(C)C. The summed E-state index contributed by atoms with van der Waals surface area (Å²) in [4.78, 5) is 24.4. The zero-order valence-corrected chi connectivity index (χ0v) is 14.1. The van der Waals surface area contributed by atoms with Gasteiger partial charge < -0.3 is 15.2 Å². The number of benzene rings is 1. The van der Waals surface area contributed by atoms with Gasteiger partial charge in [0.05, 0.1) is 5.41 Å². The number of carbonyl (C=O) groups is 2. The standard InChI is InChI=1S/C17H25NO4/c1-11(14(20)22-16(2,3)4)18-15(21)17(5,6)12-8-7-9-13(19)10-12/h7-11,19H,1-6H3,(H,18,21)/t11-/m0/s1. The van der Waals surface area contributed by atoms with Crippen LogP contribution in [0.1, 0.15) is 47.1 Å². The average Bonchev–Trinajstić information content (AvgIpc) is 2.36. The van der Waals surface area contributed by atoms with Crippen LogP contribution in [0.5, 0.6) is 5.75 Å². The molecule has 0 saturated heterocycles. The van der Waals surface area contributed by atoms with Crippen molar-refractivity contribution in [3.8, 4) is 5.75 Å². The molecule has 0 unspecified atom stereocenters. The highest BCUT2D eigenvalue weighted by Gasteiger charge is 2.33. The van der Waals surface area contributed by atoms with Crippen LogP contribution in [-0.4, -0.2) is 28.6 Å². The Hall–Kier alpha value is -2.04. The highest BCUT2D eigenvalue weighted by atomic mass is 16.6. The molecule has 0 radical (unpaired) electrons. The first kappa shape index (κ1) is 18.0. The van der Waals surface area contributed by atoms with Crippen molar-refractivity contribution in [2.45, 2.75) is 58.6 Å². The van der Waals surface area contributed by atoms with Crippen molar-refractivity contribution in [3.63, 3.8) is 0 Å². The van der Waals surface area contributed by atoms with Gasteiger partial charge in [0.1, 0.15) is 17.4 Å². The first-order valence-electron chi connectivity index (χ1n) is 7.27. The summed E-state index contributed by atoms with van der Waals surface area (Å²) in [6.45, 7) is 10.4. The summed E-state index contributed by atoms with van der Waals surface area (Å²) in [5.74, 6) is -0.692. The number of aromatic hydroxyl groups is 1. The van der Waals surface area contributed by atoms with Gasteiger partial charge in [-0.2, -0.15) is 0 Å². The van der Waals surface area contributed by atoms with Gasteiger partial charge in [-0.25, -0.2) is 4.79 Å². The molecule has 0 bridgehead atoms. The van der Waals surface area contributed by atoms with Crippen molar-refractivity contribution < 1.29 is 19.4 Å². The molecule has 0 saturated carbocycles. The lowest BCUT2D eigenvalue weighted by molar-refractivity contribution is -0.158. The number of ether oxygens (including phenoxy) is 1. The monoisotopic (exact) mass is 307 g/mol. The molecule has 0 spiro atoms. The molecule has 0 fully saturated rings. The number of carbonyl (C=O) groups excluding carboxylic acids is 2. The average molecular weight is 307 g/mol. The lowest BCUT2D eigenvalue weighted by atomic mass is 9.83. The number of rotatable bonds is 4. The maximum atomic E-state index is 12.5. The fraction of sp³-hybridized carbons (Fsp3) is 0.529. The predicted molar refractivity (Wildman–Crippen MR) is 84.6 cm³/mol. The number of phenols is 1. The van der Waals surface area contributed by atoms with Crippen molar-refractivity contribution in [3.05, 3.63) is 29.8 Å². The fourth-order valence-corrected chi connectivity index (χ4v) is 1.85. The number of amides is 1. The van der Waals surface area contributed by atoms with Crippen LogP contribution in [0.2, 0.25) is 0 Å². The Balaban J connectivity index is 2.81. The minimum atomic E-state index is -0.880. The summed E-state index contributed by atoms with van der Waals surface area (Å²) < 4.78 is 5.24. The summed E-state index contributed by atoms with van der Waals surface area (Å²) in [6.07, 6.45) is 0. The summed E-state index contributed by atoms with van der Waals surface area (Å²) >= 11 is 0. The minimum Gasteiger partial charge on any atom is -0.508 e. The molecular weight excluding hydrogens is 282 g/mol. The summed E-state index contributed by atoms with van der Waals surface area (Å²) in [6, 6.07) is 5.77. The number of phenolic OH excluding ortho intramolecular Hbond substituents is 1. The van der Waals surface area contributed by atoms with Gasteiger partial charge >= 0.3 is 5.97 Å². The first-order valence-corrected chi connectivity index (χ1v) is 7.27. The Morgan fingerprint density at radius 3 is 2.27 bits per heavy atom. The molecule has 0 aliphatic heterocycles. The van der Waals surface area contributed by atoms with E-state index in [1.54, 1.807) is 59.7 Å². The van der Waals surface area contributed by atoms with E-state index in [0.717, 1.165) is 0 Å². The molecule has 0 aliphatic rings.